The van der Waals surface area contributed by atoms with Crippen LogP contribution in [0.4, 0.5) is 0 Å². The van der Waals surface area contributed by atoms with Crippen LogP contribution >= 0.6 is 0 Å². The highest BCUT2D eigenvalue weighted by molar-refractivity contribution is 5.76. The van der Waals surface area contributed by atoms with Crippen LogP contribution in [0.5, 0.6) is 0 Å². The van der Waals surface area contributed by atoms with Crippen molar-refractivity contribution >= 4 is 12.4 Å². The standard InChI is InChI=1S/C17H26N2O5/c1-13(18(5)23-11-14-9-7-6-8-10-14)15(16(21)22)19(12-20)24-17(2,3)4/h6-10,12-13,15H,11H2,1-5H3,(H,21,22)/t13-,15-/m0/s1. The van der Waals surface area contributed by atoms with E-state index in [4.69, 9.17) is 9.68 Å². The van der Waals surface area contributed by atoms with Gasteiger partial charge in [-0.2, -0.15) is 5.06 Å². The maximum atomic E-state index is 11.6. The lowest BCUT2D eigenvalue weighted by atomic mass is 10.1. The molecule has 0 saturated carbocycles. The summed E-state index contributed by atoms with van der Waals surface area (Å²) in [5, 5.41) is 11.8. The predicted octanol–water partition coefficient (Wildman–Crippen LogP) is 2.08. The van der Waals surface area contributed by atoms with E-state index in [0.29, 0.717) is 13.0 Å². The second kappa shape index (κ2) is 8.77. The molecule has 0 radical (unpaired) electrons. The average Bonchev–Trinajstić information content (AvgIpc) is 2.51. The minimum atomic E-state index is -1.21. The van der Waals surface area contributed by atoms with E-state index in [-0.39, 0.29) is 0 Å². The third kappa shape index (κ3) is 6.27. The number of nitrogens with zero attached hydrogens (tertiary/aromatic N) is 2. The molecular formula is C17H26N2O5. The zero-order chi connectivity index (χ0) is 18.3. The molecule has 0 aliphatic rings. The van der Waals surface area contributed by atoms with Crippen molar-refractivity contribution in [3.63, 3.8) is 0 Å². The summed E-state index contributed by atoms with van der Waals surface area (Å²) in [7, 11) is 1.63. The lowest BCUT2D eigenvalue weighted by Gasteiger charge is -2.36. The van der Waals surface area contributed by atoms with Gasteiger partial charge in [-0.1, -0.05) is 30.3 Å². The summed E-state index contributed by atoms with van der Waals surface area (Å²) in [6, 6.07) is 7.69. The minimum absolute atomic E-state index is 0.301. The molecule has 2 atom stereocenters. The van der Waals surface area contributed by atoms with Gasteiger partial charge in [-0.25, -0.2) is 9.86 Å². The van der Waals surface area contributed by atoms with E-state index in [2.05, 4.69) is 0 Å². The summed E-state index contributed by atoms with van der Waals surface area (Å²) in [6.07, 6.45) is 0.381. The van der Waals surface area contributed by atoms with Gasteiger partial charge in [0.25, 0.3) is 0 Å². The van der Waals surface area contributed by atoms with Crippen molar-refractivity contribution in [3.8, 4) is 0 Å². The largest absolute Gasteiger partial charge is 0.480 e. The molecule has 134 valence electrons. The molecule has 0 aromatic heterocycles. The number of hydrogen-bond acceptors (Lipinski definition) is 5. The molecule has 1 N–H and O–H groups in total. The highest BCUT2D eigenvalue weighted by atomic mass is 16.7. The van der Waals surface area contributed by atoms with Gasteiger partial charge in [-0.15, -0.1) is 0 Å². The van der Waals surface area contributed by atoms with Crippen molar-refractivity contribution < 1.29 is 24.4 Å². The second-order valence-corrected chi connectivity index (χ2v) is 6.50. The topological polar surface area (TPSA) is 79.3 Å². The molecule has 0 aliphatic heterocycles. The van der Waals surface area contributed by atoms with E-state index < -0.39 is 23.7 Å². The van der Waals surface area contributed by atoms with Gasteiger partial charge in [-0.05, 0) is 33.3 Å². The van der Waals surface area contributed by atoms with Gasteiger partial charge >= 0.3 is 5.97 Å². The lowest BCUT2D eigenvalue weighted by Crippen LogP contribution is -2.54. The molecule has 1 amide bonds. The van der Waals surface area contributed by atoms with E-state index in [1.54, 1.807) is 34.7 Å². The highest BCUT2D eigenvalue weighted by Crippen LogP contribution is 2.17. The van der Waals surface area contributed by atoms with Crippen molar-refractivity contribution in [2.45, 2.75) is 52.0 Å². The van der Waals surface area contributed by atoms with Crippen LogP contribution in [-0.2, 0) is 25.9 Å². The Kier molecular flexibility index (Phi) is 7.34. The molecule has 0 unspecified atom stereocenters. The summed E-state index contributed by atoms with van der Waals surface area (Å²) in [6.45, 7) is 7.18. The smallest absolute Gasteiger partial charge is 0.330 e. The molecule has 7 nitrogen and oxygen atoms in total. The first-order valence-electron chi connectivity index (χ1n) is 7.71. The zero-order valence-electron chi connectivity index (χ0n) is 14.8. The minimum Gasteiger partial charge on any atom is -0.480 e. The molecule has 0 saturated heterocycles. The molecule has 0 fully saturated rings. The third-order valence-electron chi connectivity index (χ3n) is 3.32. The fourth-order valence-corrected chi connectivity index (χ4v) is 2.05. The fraction of sp³-hybridized carbons (Fsp3) is 0.529. The Morgan fingerprint density at radius 3 is 2.33 bits per heavy atom. The Bertz CT molecular complexity index is 530. The number of aliphatic carboxylic acids is 1. The van der Waals surface area contributed by atoms with Gasteiger partial charge in [-0.3, -0.25) is 14.5 Å². The predicted molar refractivity (Wildman–Crippen MR) is 88.6 cm³/mol. The second-order valence-electron chi connectivity index (χ2n) is 6.50. The van der Waals surface area contributed by atoms with Gasteiger partial charge in [0.2, 0.25) is 6.41 Å². The first-order valence-corrected chi connectivity index (χ1v) is 7.71. The molecular weight excluding hydrogens is 312 g/mol. The fourth-order valence-electron chi connectivity index (χ4n) is 2.05. The van der Waals surface area contributed by atoms with E-state index in [9.17, 15) is 14.7 Å². The maximum Gasteiger partial charge on any atom is 0.330 e. The quantitative estimate of drug-likeness (QED) is 0.548. The van der Waals surface area contributed by atoms with Gasteiger partial charge in [0.05, 0.1) is 18.2 Å². The van der Waals surface area contributed by atoms with Crippen molar-refractivity contribution in [2.75, 3.05) is 7.05 Å². The van der Waals surface area contributed by atoms with Crippen LogP contribution in [-0.4, -0.2) is 52.3 Å². The Morgan fingerprint density at radius 2 is 1.88 bits per heavy atom. The number of likely N-dealkylation sites (N-methyl/N-ethyl adjacent to an activating group) is 1. The monoisotopic (exact) mass is 338 g/mol. The first kappa shape index (κ1) is 20.1. The number of hydrogen-bond donors (Lipinski definition) is 1. The molecule has 0 heterocycles. The van der Waals surface area contributed by atoms with Crippen LogP contribution in [0, 0.1) is 0 Å². The Labute approximate surface area is 142 Å². The van der Waals surface area contributed by atoms with Crippen molar-refractivity contribution in [3.05, 3.63) is 35.9 Å². The maximum absolute atomic E-state index is 11.6. The number of hydroxylamine groups is 4. The Morgan fingerprint density at radius 1 is 1.29 bits per heavy atom. The number of carboxylic acid groups (broad SMARTS) is 1. The number of carboxylic acids is 1. The SMILES string of the molecule is C[C@@H]([C@@H](C(=O)O)N(C=O)OC(C)(C)C)N(C)OCc1ccccc1. The van der Waals surface area contributed by atoms with Gasteiger partial charge < -0.3 is 5.11 Å². The van der Waals surface area contributed by atoms with Gasteiger partial charge in [0, 0.05) is 7.05 Å². The number of amides is 1. The summed E-state index contributed by atoms with van der Waals surface area (Å²) in [5.41, 5.74) is 0.263. The van der Waals surface area contributed by atoms with Gasteiger partial charge in [0.1, 0.15) is 0 Å². The van der Waals surface area contributed by atoms with E-state index in [1.807, 2.05) is 30.3 Å². The summed E-state index contributed by atoms with van der Waals surface area (Å²) in [5.74, 6) is -1.17. The summed E-state index contributed by atoms with van der Waals surface area (Å²) < 4.78 is 0. The first-order chi connectivity index (χ1) is 11.2. The summed E-state index contributed by atoms with van der Waals surface area (Å²) >= 11 is 0. The van der Waals surface area contributed by atoms with E-state index >= 15 is 0 Å². The average molecular weight is 338 g/mol. The number of rotatable bonds is 9. The van der Waals surface area contributed by atoms with Crippen LogP contribution in [0.25, 0.3) is 0 Å². The van der Waals surface area contributed by atoms with Crippen LogP contribution < -0.4 is 0 Å². The lowest BCUT2D eigenvalue weighted by molar-refractivity contribution is -0.258. The van der Waals surface area contributed by atoms with Crippen LogP contribution in [0.1, 0.15) is 33.3 Å². The zero-order valence-corrected chi connectivity index (χ0v) is 14.8. The molecule has 1 aromatic rings. The molecule has 1 aromatic carbocycles. The highest BCUT2D eigenvalue weighted by Gasteiger charge is 2.36. The molecule has 0 spiro atoms. The summed E-state index contributed by atoms with van der Waals surface area (Å²) in [4.78, 5) is 34.0. The van der Waals surface area contributed by atoms with E-state index in [1.165, 1.54) is 5.06 Å². The molecule has 24 heavy (non-hydrogen) atoms. The molecule has 0 aliphatic carbocycles. The van der Waals surface area contributed by atoms with Crippen molar-refractivity contribution in [1.29, 1.82) is 0 Å². The Hall–Kier alpha value is -1.96. The van der Waals surface area contributed by atoms with Crippen LogP contribution in [0.2, 0.25) is 0 Å². The number of benzene rings is 1. The van der Waals surface area contributed by atoms with Crippen molar-refractivity contribution in [1.82, 2.24) is 10.1 Å². The number of carbonyl (C=O) groups excluding carboxylic acids is 1. The molecule has 1 rings (SSSR count). The third-order valence-corrected chi connectivity index (χ3v) is 3.32. The molecule has 7 heteroatoms. The Balaban J connectivity index is 2.78. The van der Waals surface area contributed by atoms with Crippen molar-refractivity contribution in [2.24, 2.45) is 0 Å². The van der Waals surface area contributed by atoms with Crippen LogP contribution in [0.3, 0.4) is 0 Å². The molecule has 0 bridgehead atoms. The van der Waals surface area contributed by atoms with E-state index in [0.717, 1.165) is 10.6 Å². The van der Waals surface area contributed by atoms with Gasteiger partial charge in [0.15, 0.2) is 6.04 Å². The normalized spacial score (nSPS) is 14.2. The number of carbonyl (C=O) groups is 2. The van der Waals surface area contributed by atoms with Crippen LogP contribution in [0.15, 0.2) is 30.3 Å².